The number of rotatable bonds is 3. The summed E-state index contributed by atoms with van der Waals surface area (Å²) in [5, 5.41) is 0. The number of nitrogens with zero attached hydrogens (tertiary/aromatic N) is 1. The lowest BCUT2D eigenvalue weighted by atomic mass is 9.70. The minimum absolute atomic E-state index is 0.979. The Morgan fingerprint density at radius 1 is 1.88 bits per heavy atom. The van der Waals surface area contributed by atoms with Crippen LogP contribution >= 0.6 is 0 Å². The van der Waals surface area contributed by atoms with Crippen molar-refractivity contribution in [2.45, 2.75) is 13.2 Å². The van der Waals surface area contributed by atoms with Crippen LogP contribution in [0.4, 0.5) is 0 Å². The molecule has 0 aliphatic heterocycles. The molecule has 0 spiro atoms. The normalized spacial score (nSPS) is 11.0. The molecule has 0 heterocycles. The number of hydrogen-bond donors (Lipinski definition) is 0. The first kappa shape index (κ1) is 7.47. The first-order chi connectivity index (χ1) is 3.85. The molecule has 43 valence electrons. The lowest BCUT2D eigenvalue weighted by Gasteiger charge is -1.89. The van der Waals surface area contributed by atoms with Crippen molar-refractivity contribution >= 4 is 12.9 Å². The van der Waals surface area contributed by atoms with E-state index >= 15 is 0 Å². The smallest absolute Gasteiger partial charge is 0.176 e. The summed E-state index contributed by atoms with van der Waals surface area (Å²) >= 11 is 0. The predicted octanol–water partition coefficient (Wildman–Crippen LogP) is 1.34. The Morgan fingerprint density at radius 2 is 2.50 bits per heavy atom. The van der Waals surface area contributed by atoms with E-state index in [-0.39, 0.29) is 0 Å². The van der Waals surface area contributed by atoms with E-state index in [0.29, 0.717) is 0 Å². The van der Waals surface area contributed by atoms with E-state index in [1.165, 1.54) is 0 Å². The molecular weight excluding hydrogens is 96.9 g/mol. The fourth-order valence-corrected chi connectivity index (χ4v) is 0.475. The SMILES string of the molecule is C=CC([B]CC)=NC. The fraction of sp³-hybridized carbons (Fsp3) is 0.500. The van der Waals surface area contributed by atoms with Crippen molar-refractivity contribution in [3.05, 3.63) is 12.7 Å². The largest absolute Gasteiger partial charge is 0.304 e. The maximum atomic E-state index is 3.94. The summed E-state index contributed by atoms with van der Waals surface area (Å²) in [5.41, 5.74) is 0.979. The summed E-state index contributed by atoms with van der Waals surface area (Å²) in [5.74, 6) is 0. The van der Waals surface area contributed by atoms with Gasteiger partial charge >= 0.3 is 0 Å². The highest BCUT2D eigenvalue weighted by molar-refractivity contribution is 6.77. The Kier molecular flexibility index (Phi) is 4.33. The molecule has 0 aliphatic carbocycles. The van der Waals surface area contributed by atoms with Crippen molar-refractivity contribution in [3.8, 4) is 0 Å². The second-order valence-electron chi connectivity index (χ2n) is 1.46. The Labute approximate surface area is 51.8 Å². The zero-order chi connectivity index (χ0) is 6.41. The monoisotopic (exact) mass is 108 g/mol. The Bertz CT molecular complexity index is 96.7. The average molecular weight is 108 g/mol. The van der Waals surface area contributed by atoms with Gasteiger partial charge in [0.1, 0.15) is 0 Å². The van der Waals surface area contributed by atoms with Gasteiger partial charge in [0.25, 0.3) is 0 Å². The third-order valence-corrected chi connectivity index (χ3v) is 0.881. The van der Waals surface area contributed by atoms with Gasteiger partial charge in [0.15, 0.2) is 7.28 Å². The highest BCUT2D eigenvalue weighted by Gasteiger charge is 1.88. The molecule has 0 unspecified atom stereocenters. The maximum Gasteiger partial charge on any atom is 0.176 e. The molecule has 0 aromatic carbocycles. The van der Waals surface area contributed by atoms with Gasteiger partial charge in [-0.1, -0.05) is 25.9 Å². The molecule has 0 aromatic rings. The Balaban J connectivity index is 3.54. The van der Waals surface area contributed by atoms with Crippen LogP contribution in [0, 0.1) is 0 Å². The summed E-state index contributed by atoms with van der Waals surface area (Å²) in [6.45, 7) is 5.67. The van der Waals surface area contributed by atoms with Gasteiger partial charge in [-0.3, -0.25) is 0 Å². The van der Waals surface area contributed by atoms with E-state index in [1.54, 1.807) is 13.1 Å². The van der Waals surface area contributed by atoms with E-state index in [9.17, 15) is 0 Å². The van der Waals surface area contributed by atoms with E-state index in [4.69, 9.17) is 0 Å². The van der Waals surface area contributed by atoms with Crippen molar-refractivity contribution in [1.82, 2.24) is 0 Å². The van der Waals surface area contributed by atoms with Gasteiger partial charge in [0.2, 0.25) is 0 Å². The molecule has 0 atom stereocenters. The van der Waals surface area contributed by atoms with Crippen LogP contribution in [0.3, 0.4) is 0 Å². The fourth-order valence-electron chi connectivity index (χ4n) is 0.475. The number of allylic oxidation sites excluding steroid dienone is 1. The van der Waals surface area contributed by atoms with Gasteiger partial charge in [-0.25, -0.2) is 0 Å². The van der Waals surface area contributed by atoms with Crippen LogP contribution in [0.25, 0.3) is 0 Å². The van der Waals surface area contributed by atoms with Gasteiger partial charge in [-0.05, 0) is 5.61 Å². The van der Waals surface area contributed by atoms with Gasteiger partial charge in [-0.15, -0.1) is 0 Å². The minimum Gasteiger partial charge on any atom is -0.304 e. The van der Waals surface area contributed by atoms with Crippen LogP contribution < -0.4 is 0 Å². The van der Waals surface area contributed by atoms with Gasteiger partial charge in [0.05, 0.1) is 0 Å². The quantitative estimate of drug-likeness (QED) is 0.382. The van der Waals surface area contributed by atoms with E-state index in [1.807, 2.05) is 7.28 Å². The highest BCUT2D eigenvalue weighted by Crippen LogP contribution is 1.80. The van der Waals surface area contributed by atoms with Crippen LogP contribution in [-0.4, -0.2) is 19.9 Å². The van der Waals surface area contributed by atoms with E-state index in [0.717, 1.165) is 11.9 Å². The van der Waals surface area contributed by atoms with Crippen molar-refractivity contribution in [3.63, 3.8) is 0 Å². The van der Waals surface area contributed by atoms with Crippen molar-refractivity contribution in [2.24, 2.45) is 4.99 Å². The molecule has 0 saturated carbocycles. The molecule has 1 nitrogen and oxygen atoms in total. The lowest BCUT2D eigenvalue weighted by Crippen LogP contribution is -2.02. The van der Waals surface area contributed by atoms with Crippen LogP contribution in [-0.2, 0) is 0 Å². The average Bonchev–Trinajstić information content (AvgIpc) is 1.83. The molecule has 0 N–H and O–H groups in total. The summed E-state index contributed by atoms with van der Waals surface area (Å²) < 4.78 is 0. The summed E-state index contributed by atoms with van der Waals surface area (Å²) in [4.78, 5) is 3.94. The van der Waals surface area contributed by atoms with Gasteiger partial charge < -0.3 is 4.99 Å². The zero-order valence-corrected chi connectivity index (χ0v) is 5.52. The van der Waals surface area contributed by atoms with Gasteiger partial charge in [0, 0.05) is 7.05 Å². The van der Waals surface area contributed by atoms with E-state index in [2.05, 4.69) is 18.5 Å². The molecule has 0 amide bonds. The van der Waals surface area contributed by atoms with Crippen LogP contribution in [0.5, 0.6) is 0 Å². The third kappa shape index (κ3) is 2.62. The maximum absolute atomic E-state index is 3.94. The Hall–Kier alpha value is -0.525. The third-order valence-electron chi connectivity index (χ3n) is 0.881. The van der Waals surface area contributed by atoms with Gasteiger partial charge in [-0.2, -0.15) is 0 Å². The van der Waals surface area contributed by atoms with E-state index < -0.39 is 0 Å². The molecule has 0 aliphatic rings. The molecule has 0 bridgehead atoms. The first-order valence-electron chi connectivity index (χ1n) is 2.77. The standard InChI is InChI=1S/C6H11BN/c1-4-6(8-3)7-5-2/h4H,1,5H2,2-3H3. The topological polar surface area (TPSA) is 12.4 Å². The van der Waals surface area contributed by atoms with Crippen LogP contribution in [0.1, 0.15) is 6.92 Å². The molecule has 8 heavy (non-hydrogen) atoms. The second-order valence-corrected chi connectivity index (χ2v) is 1.46. The van der Waals surface area contributed by atoms with Crippen LogP contribution in [0.15, 0.2) is 17.6 Å². The van der Waals surface area contributed by atoms with Crippen molar-refractivity contribution in [1.29, 1.82) is 0 Å². The predicted molar refractivity (Wildman–Crippen MR) is 39.8 cm³/mol. The van der Waals surface area contributed by atoms with Crippen molar-refractivity contribution < 1.29 is 0 Å². The van der Waals surface area contributed by atoms with Crippen LogP contribution in [0.2, 0.25) is 6.32 Å². The molecule has 0 aromatic heterocycles. The molecule has 0 rings (SSSR count). The highest BCUT2D eigenvalue weighted by atomic mass is 14.6. The number of aliphatic imine (C=N–C) groups is 1. The molecule has 0 saturated heterocycles. The minimum atomic E-state index is 0.979. The summed E-state index contributed by atoms with van der Waals surface area (Å²) in [6.07, 6.45) is 2.78. The lowest BCUT2D eigenvalue weighted by molar-refractivity contribution is 1.44. The first-order valence-corrected chi connectivity index (χ1v) is 2.77. The van der Waals surface area contributed by atoms with Crippen molar-refractivity contribution in [2.75, 3.05) is 7.05 Å². The summed E-state index contributed by atoms with van der Waals surface area (Å²) in [7, 11) is 3.80. The molecule has 2 heteroatoms. The molecule has 0 fully saturated rings. The summed E-state index contributed by atoms with van der Waals surface area (Å²) in [6, 6.07) is 0. The molecular formula is C6H11BN. The number of hydrogen-bond acceptors (Lipinski definition) is 1. The second kappa shape index (κ2) is 4.63. The Morgan fingerprint density at radius 3 is 2.62 bits per heavy atom. The zero-order valence-electron chi connectivity index (χ0n) is 5.52. The molecule has 1 radical (unpaired) electrons.